The van der Waals surface area contributed by atoms with E-state index in [1.807, 2.05) is 12.1 Å². The molecule has 0 saturated heterocycles. The van der Waals surface area contributed by atoms with Gasteiger partial charge in [0, 0.05) is 30.6 Å². The van der Waals surface area contributed by atoms with Gasteiger partial charge in [-0.3, -0.25) is 9.59 Å². The molecule has 0 aliphatic heterocycles. The highest BCUT2D eigenvalue weighted by Gasteiger charge is 2.14. The van der Waals surface area contributed by atoms with Gasteiger partial charge < -0.3 is 10.2 Å². The van der Waals surface area contributed by atoms with Gasteiger partial charge in [0.2, 0.25) is 11.8 Å². The van der Waals surface area contributed by atoms with Crippen LogP contribution in [0.15, 0.2) is 48.5 Å². The number of amides is 2. The maximum atomic E-state index is 13.5. The molecule has 2 aromatic rings. The van der Waals surface area contributed by atoms with Crippen molar-refractivity contribution in [1.82, 2.24) is 10.2 Å². The van der Waals surface area contributed by atoms with Crippen LogP contribution in [0, 0.1) is 5.82 Å². The monoisotopic (exact) mass is 362 g/mol. The standard InChI is InChI=1S/C19H20ClFN2O2/c1-14(24)23(11-10-15-6-8-17(20)9-7-15)13-19(25)22-12-16-4-2-3-5-18(16)21/h2-9H,10-13H2,1H3,(H,22,25). The van der Waals surface area contributed by atoms with E-state index in [4.69, 9.17) is 11.6 Å². The van der Waals surface area contributed by atoms with E-state index < -0.39 is 0 Å². The fourth-order valence-electron chi connectivity index (χ4n) is 2.33. The molecular formula is C19H20ClFN2O2. The van der Waals surface area contributed by atoms with Crippen LogP contribution in [-0.4, -0.2) is 29.8 Å². The van der Waals surface area contributed by atoms with Crippen molar-refractivity contribution in [3.05, 3.63) is 70.5 Å². The van der Waals surface area contributed by atoms with Crippen LogP contribution in [0.4, 0.5) is 4.39 Å². The van der Waals surface area contributed by atoms with Crippen molar-refractivity contribution < 1.29 is 14.0 Å². The van der Waals surface area contributed by atoms with Crippen molar-refractivity contribution in [2.45, 2.75) is 19.9 Å². The zero-order valence-corrected chi connectivity index (χ0v) is 14.7. The predicted molar refractivity (Wildman–Crippen MR) is 95.7 cm³/mol. The molecule has 0 atom stereocenters. The zero-order chi connectivity index (χ0) is 18.2. The van der Waals surface area contributed by atoms with E-state index in [0.29, 0.717) is 23.6 Å². The number of rotatable bonds is 7. The van der Waals surface area contributed by atoms with Gasteiger partial charge in [0.05, 0.1) is 6.54 Å². The first-order chi connectivity index (χ1) is 12.0. The van der Waals surface area contributed by atoms with Gasteiger partial charge in [-0.15, -0.1) is 0 Å². The van der Waals surface area contributed by atoms with E-state index in [2.05, 4.69) is 5.32 Å². The Balaban J connectivity index is 1.85. The third-order valence-corrected chi connectivity index (χ3v) is 4.05. The summed E-state index contributed by atoms with van der Waals surface area (Å²) < 4.78 is 13.5. The highest BCUT2D eigenvalue weighted by molar-refractivity contribution is 6.30. The van der Waals surface area contributed by atoms with E-state index in [9.17, 15) is 14.0 Å². The molecule has 0 unspecified atom stereocenters. The number of carbonyl (C=O) groups is 2. The van der Waals surface area contributed by atoms with Crippen LogP contribution in [0.5, 0.6) is 0 Å². The average molecular weight is 363 g/mol. The van der Waals surface area contributed by atoms with Crippen LogP contribution < -0.4 is 5.32 Å². The van der Waals surface area contributed by atoms with Crippen LogP contribution >= 0.6 is 11.6 Å². The minimum Gasteiger partial charge on any atom is -0.350 e. The molecule has 0 aliphatic rings. The van der Waals surface area contributed by atoms with Crippen molar-refractivity contribution in [1.29, 1.82) is 0 Å². The smallest absolute Gasteiger partial charge is 0.239 e. The largest absolute Gasteiger partial charge is 0.350 e. The highest BCUT2D eigenvalue weighted by atomic mass is 35.5. The Kier molecular flexibility index (Phi) is 6.95. The van der Waals surface area contributed by atoms with Crippen molar-refractivity contribution in [3.63, 3.8) is 0 Å². The van der Waals surface area contributed by atoms with Gasteiger partial charge in [0.15, 0.2) is 0 Å². The van der Waals surface area contributed by atoms with Crippen LogP contribution in [-0.2, 0) is 22.6 Å². The lowest BCUT2D eigenvalue weighted by atomic mass is 10.1. The molecule has 0 heterocycles. The van der Waals surface area contributed by atoms with E-state index >= 15 is 0 Å². The Hall–Kier alpha value is -2.40. The molecule has 25 heavy (non-hydrogen) atoms. The predicted octanol–water partition coefficient (Wildman–Crippen LogP) is 3.19. The van der Waals surface area contributed by atoms with E-state index in [0.717, 1.165) is 5.56 Å². The minimum absolute atomic E-state index is 0.0582. The summed E-state index contributed by atoms with van der Waals surface area (Å²) in [5.41, 5.74) is 1.44. The number of hydrogen-bond donors (Lipinski definition) is 1. The fourth-order valence-corrected chi connectivity index (χ4v) is 2.45. The number of benzene rings is 2. The number of hydrogen-bond acceptors (Lipinski definition) is 2. The Bertz CT molecular complexity index is 734. The Morgan fingerprint density at radius 2 is 1.80 bits per heavy atom. The molecule has 0 radical (unpaired) electrons. The second-order valence-electron chi connectivity index (χ2n) is 5.69. The van der Waals surface area contributed by atoms with Gasteiger partial charge in [0.1, 0.15) is 5.82 Å². The molecule has 0 saturated carbocycles. The van der Waals surface area contributed by atoms with E-state index in [1.165, 1.54) is 17.9 Å². The summed E-state index contributed by atoms with van der Waals surface area (Å²) in [6.45, 7) is 1.88. The molecule has 0 spiro atoms. The van der Waals surface area contributed by atoms with Crippen LogP contribution in [0.25, 0.3) is 0 Å². The number of nitrogens with zero attached hydrogens (tertiary/aromatic N) is 1. The summed E-state index contributed by atoms with van der Waals surface area (Å²) in [4.78, 5) is 25.3. The number of halogens is 2. The molecule has 6 heteroatoms. The zero-order valence-electron chi connectivity index (χ0n) is 14.0. The molecular weight excluding hydrogens is 343 g/mol. The third-order valence-electron chi connectivity index (χ3n) is 3.80. The van der Waals surface area contributed by atoms with Gasteiger partial charge in [-0.25, -0.2) is 4.39 Å². The third kappa shape index (κ3) is 6.19. The van der Waals surface area contributed by atoms with Crippen molar-refractivity contribution >= 4 is 23.4 Å². The van der Waals surface area contributed by atoms with E-state index in [1.54, 1.807) is 30.3 Å². The molecule has 0 aliphatic carbocycles. The molecule has 4 nitrogen and oxygen atoms in total. The summed E-state index contributed by atoms with van der Waals surface area (Å²) >= 11 is 5.85. The Morgan fingerprint density at radius 3 is 2.44 bits per heavy atom. The van der Waals surface area contributed by atoms with Crippen molar-refractivity contribution in [2.24, 2.45) is 0 Å². The number of nitrogens with one attached hydrogen (secondary N) is 1. The molecule has 2 amide bonds. The van der Waals surface area contributed by atoms with Gasteiger partial charge in [-0.2, -0.15) is 0 Å². The maximum absolute atomic E-state index is 13.5. The lowest BCUT2D eigenvalue weighted by Gasteiger charge is -2.20. The van der Waals surface area contributed by atoms with Gasteiger partial charge >= 0.3 is 0 Å². The molecule has 132 valence electrons. The van der Waals surface area contributed by atoms with Gasteiger partial charge in [-0.1, -0.05) is 41.9 Å². The second-order valence-corrected chi connectivity index (χ2v) is 6.12. The van der Waals surface area contributed by atoms with Crippen molar-refractivity contribution in [2.75, 3.05) is 13.1 Å². The first-order valence-electron chi connectivity index (χ1n) is 7.96. The number of carbonyl (C=O) groups excluding carboxylic acids is 2. The van der Waals surface area contributed by atoms with E-state index in [-0.39, 0.29) is 30.7 Å². The molecule has 0 bridgehead atoms. The second kappa shape index (κ2) is 9.18. The molecule has 0 aromatic heterocycles. The summed E-state index contributed by atoms with van der Waals surface area (Å²) in [6.07, 6.45) is 0.622. The van der Waals surface area contributed by atoms with Gasteiger partial charge in [0.25, 0.3) is 0 Å². The summed E-state index contributed by atoms with van der Waals surface area (Å²) in [6, 6.07) is 13.6. The van der Waals surface area contributed by atoms with Crippen LogP contribution in [0.1, 0.15) is 18.1 Å². The highest BCUT2D eigenvalue weighted by Crippen LogP contribution is 2.10. The molecule has 2 aromatic carbocycles. The molecule has 0 fully saturated rings. The minimum atomic E-state index is -0.367. The summed E-state index contributed by atoms with van der Waals surface area (Å²) in [5, 5.41) is 3.29. The Labute approximate surface area is 151 Å². The maximum Gasteiger partial charge on any atom is 0.239 e. The average Bonchev–Trinajstić information content (AvgIpc) is 2.59. The summed E-state index contributed by atoms with van der Waals surface area (Å²) in [7, 11) is 0. The quantitative estimate of drug-likeness (QED) is 0.822. The molecule has 2 rings (SSSR count). The first kappa shape index (κ1) is 18.9. The summed E-state index contributed by atoms with van der Waals surface area (Å²) in [5.74, 6) is -0.876. The van der Waals surface area contributed by atoms with Gasteiger partial charge in [-0.05, 0) is 30.2 Å². The van der Waals surface area contributed by atoms with Crippen LogP contribution in [0.3, 0.4) is 0 Å². The first-order valence-corrected chi connectivity index (χ1v) is 8.33. The molecule has 1 N–H and O–H groups in total. The topological polar surface area (TPSA) is 49.4 Å². The lowest BCUT2D eigenvalue weighted by molar-refractivity contribution is -0.134. The fraction of sp³-hybridized carbons (Fsp3) is 0.263. The normalized spacial score (nSPS) is 10.4. The lowest BCUT2D eigenvalue weighted by Crippen LogP contribution is -2.40. The Morgan fingerprint density at radius 1 is 1.12 bits per heavy atom. The SMILES string of the molecule is CC(=O)N(CCc1ccc(Cl)cc1)CC(=O)NCc1ccccc1F. The van der Waals surface area contributed by atoms with Crippen LogP contribution in [0.2, 0.25) is 5.02 Å². The van der Waals surface area contributed by atoms with Crippen molar-refractivity contribution in [3.8, 4) is 0 Å².